The average Bonchev–Trinajstić information content (AvgIpc) is 2.86. The summed E-state index contributed by atoms with van der Waals surface area (Å²) in [6.45, 7) is 1.09. The Morgan fingerprint density at radius 2 is 1.40 bits per heavy atom. The summed E-state index contributed by atoms with van der Waals surface area (Å²) >= 11 is 0. The lowest BCUT2D eigenvalue weighted by molar-refractivity contribution is -0.289. The van der Waals surface area contributed by atoms with E-state index in [1.165, 1.54) is 22.3 Å². The van der Waals surface area contributed by atoms with E-state index in [-0.39, 0.29) is 12.2 Å². The maximum atomic E-state index is 5.96. The molecule has 2 unspecified atom stereocenters. The first kappa shape index (κ1) is 8.05. The molecule has 0 saturated heterocycles. The summed E-state index contributed by atoms with van der Waals surface area (Å²) in [7, 11) is 0. The van der Waals surface area contributed by atoms with Gasteiger partial charge in [0.25, 0.3) is 0 Å². The highest BCUT2D eigenvalue weighted by molar-refractivity contribution is 5.50. The van der Waals surface area contributed by atoms with Crippen LogP contribution in [-0.4, -0.2) is 13.2 Å². The first-order valence-electron chi connectivity index (χ1n) is 5.15. The minimum atomic E-state index is 0.116. The van der Waals surface area contributed by atoms with E-state index in [0.29, 0.717) is 13.2 Å². The maximum absolute atomic E-state index is 5.96. The summed E-state index contributed by atoms with van der Waals surface area (Å²) in [5, 5.41) is 0. The lowest BCUT2D eigenvalue weighted by Gasteiger charge is -2.22. The van der Waals surface area contributed by atoms with Gasteiger partial charge in [0.15, 0.2) is 0 Å². The molecule has 0 aromatic heterocycles. The quantitative estimate of drug-likeness (QED) is 0.476. The van der Waals surface area contributed by atoms with Gasteiger partial charge in [-0.05, 0) is 22.3 Å². The van der Waals surface area contributed by atoms with Crippen LogP contribution in [0.15, 0.2) is 35.4 Å². The van der Waals surface area contributed by atoms with Crippen molar-refractivity contribution in [2.75, 3.05) is 13.2 Å². The molecule has 2 bridgehead atoms. The van der Waals surface area contributed by atoms with Crippen molar-refractivity contribution in [3.8, 4) is 0 Å². The number of hydrogen-bond donors (Lipinski definition) is 0. The van der Waals surface area contributed by atoms with E-state index in [1.807, 2.05) is 0 Å². The molecule has 0 spiro atoms. The van der Waals surface area contributed by atoms with Gasteiger partial charge in [-0.1, -0.05) is 24.3 Å². The highest BCUT2D eigenvalue weighted by atomic mass is 17.2. The maximum Gasteiger partial charge on any atom is 0.108 e. The summed E-state index contributed by atoms with van der Waals surface area (Å²) < 4.78 is 5.96. The Bertz CT molecular complexity index is 423. The molecule has 0 amide bonds. The minimum Gasteiger partial charge on any atom is -0.357 e. The van der Waals surface area contributed by atoms with E-state index in [9.17, 15) is 0 Å². The molecular formula is C12H10O3. The Balaban J connectivity index is 1.90. The zero-order valence-electron chi connectivity index (χ0n) is 8.10. The smallest absolute Gasteiger partial charge is 0.108 e. The summed E-state index contributed by atoms with van der Waals surface area (Å²) in [4.78, 5) is 10.0. The molecule has 4 rings (SSSR count). The third-order valence-electron chi connectivity index (χ3n) is 3.39. The molecular weight excluding hydrogens is 192 g/mol. The first-order valence-corrected chi connectivity index (χ1v) is 5.15. The monoisotopic (exact) mass is 202 g/mol. The Morgan fingerprint density at radius 3 is 1.93 bits per heavy atom. The number of rotatable bonds is 0. The third-order valence-corrected chi connectivity index (χ3v) is 3.39. The van der Waals surface area contributed by atoms with E-state index in [2.05, 4.69) is 24.3 Å². The van der Waals surface area contributed by atoms with Crippen LogP contribution in [0.5, 0.6) is 0 Å². The molecule has 2 atom stereocenters. The van der Waals surface area contributed by atoms with Crippen molar-refractivity contribution < 1.29 is 14.5 Å². The fourth-order valence-corrected chi connectivity index (χ4v) is 2.69. The Morgan fingerprint density at radius 1 is 0.867 bits per heavy atom. The van der Waals surface area contributed by atoms with E-state index in [4.69, 9.17) is 14.5 Å². The van der Waals surface area contributed by atoms with Crippen LogP contribution in [-0.2, 0) is 14.5 Å². The molecule has 1 aromatic rings. The number of ether oxygens (including phenoxy) is 1. The summed E-state index contributed by atoms with van der Waals surface area (Å²) in [6, 6.07) is 8.39. The molecule has 0 radical (unpaired) electrons. The Labute approximate surface area is 87.2 Å². The molecule has 3 heteroatoms. The van der Waals surface area contributed by atoms with Gasteiger partial charge in [-0.3, -0.25) is 0 Å². The van der Waals surface area contributed by atoms with Crippen molar-refractivity contribution in [2.24, 2.45) is 0 Å². The van der Waals surface area contributed by atoms with Crippen LogP contribution in [0, 0.1) is 0 Å². The summed E-state index contributed by atoms with van der Waals surface area (Å²) in [5.74, 6) is 0. The van der Waals surface area contributed by atoms with Crippen molar-refractivity contribution in [1.29, 1.82) is 0 Å². The van der Waals surface area contributed by atoms with Crippen LogP contribution < -0.4 is 0 Å². The van der Waals surface area contributed by atoms with Crippen LogP contribution in [0.3, 0.4) is 0 Å². The zero-order chi connectivity index (χ0) is 9.83. The molecule has 15 heavy (non-hydrogen) atoms. The average molecular weight is 202 g/mol. The van der Waals surface area contributed by atoms with Gasteiger partial charge in [-0.25, -0.2) is 9.78 Å². The molecule has 0 aliphatic carbocycles. The Kier molecular flexibility index (Phi) is 1.45. The van der Waals surface area contributed by atoms with Crippen LogP contribution in [0.2, 0.25) is 0 Å². The van der Waals surface area contributed by atoms with Crippen molar-refractivity contribution in [1.82, 2.24) is 0 Å². The lowest BCUT2D eigenvalue weighted by Crippen LogP contribution is -2.18. The standard InChI is InChI=1S/C12H10O3/c1-2-4-8-7(3-1)11-9-5-13-14-6-10(9)12(8)15-11/h1-4,11-12H,5-6H2. The van der Waals surface area contributed by atoms with Gasteiger partial charge < -0.3 is 4.74 Å². The van der Waals surface area contributed by atoms with Crippen molar-refractivity contribution in [2.45, 2.75) is 12.2 Å². The topological polar surface area (TPSA) is 27.7 Å². The van der Waals surface area contributed by atoms with Crippen LogP contribution in [0.4, 0.5) is 0 Å². The normalized spacial score (nSPS) is 31.7. The van der Waals surface area contributed by atoms with E-state index >= 15 is 0 Å². The molecule has 1 aromatic carbocycles. The minimum absolute atomic E-state index is 0.116. The molecule has 3 aliphatic rings. The van der Waals surface area contributed by atoms with Gasteiger partial charge in [0.2, 0.25) is 0 Å². The predicted molar refractivity (Wildman–Crippen MR) is 51.9 cm³/mol. The van der Waals surface area contributed by atoms with Gasteiger partial charge >= 0.3 is 0 Å². The predicted octanol–water partition coefficient (Wildman–Crippen LogP) is 2.07. The largest absolute Gasteiger partial charge is 0.357 e. The molecule has 3 heterocycles. The zero-order valence-corrected chi connectivity index (χ0v) is 8.10. The lowest BCUT2D eigenvalue weighted by atomic mass is 9.86. The first-order chi connectivity index (χ1) is 7.45. The van der Waals surface area contributed by atoms with Gasteiger partial charge in [-0.15, -0.1) is 0 Å². The number of fused-ring (bicyclic) bond motifs is 7. The summed E-state index contributed by atoms with van der Waals surface area (Å²) in [5.41, 5.74) is 5.13. The second kappa shape index (κ2) is 2.70. The van der Waals surface area contributed by atoms with Gasteiger partial charge in [0.05, 0.1) is 0 Å². The van der Waals surface area contributed by atoms with Gasteiger partial charge in [0.1, 0.15) is 25.4 Å². The summed E-state index contributed by atoms with van der Waals surface area (Å²) in [6.07, 6.45) is 0.232. The van der Waals surface area contributed by atoms with E-state index in [1.54, 1.807) is 0 Å². The highest BCUT2D eigenvalue weighted by Crippen LogP contribution is 2.54. The molecule has 0 fully saturated rings. The second-order valence-electron chi connectivity index (χ2n) is 4.10. The van der Waals surface area contributed by atoms with Crippen molar-refractivity contribution in [3.63, 3.8) is 0 Å². The van der Waals surface area contributed by atoms with Crippen LogP contribution in [0.1, 0.15) is 23.3 Å². The molecule has 3 nitrogen and oxygen atoms in total. The molecule has 0 N–H and O–H groups in total. The fraction of sp³-hybridized carbons (Fsp3) is 0.333. The molecule has 0 saturated carbocycles. The van der Waals surface area contributed by atoms with Crippen molar-refractivity contribution >= 4 is 0 Å². The van der Waals surface area contributed by atoms with Gasteiger partial charge in [0, 0.05) is 0 Å². The molecule has 3 aliphatic heterocycles. The third kappa shape index (κ3) is 0.905. The van der Waals surface area contributed by atoms with E-state index < -0.39 is 0 Å². The Hall–Kier alpha value is -1.16. The van der Waals surface area contributed by atoms with E-state index in [0.717, 1.165) is 0 Å². The van der Waals surface area contributed by atoms with Crippen LogP contribution >= 0.6 is 0 Å². The highest BCUT2D eigenvalue weighted by Gasteiger charge is 2.45. The second-order valence-corrected chi connectivity index (χ2v) is 4.10. The number of benzene rings is 1. The SMILES string of the molecule is c1ccc2c(c1)C1OC2C2=C1COOC2. The van der Waals surface area contributed by atoms with Crippen LogP contribution in [0.25, 0.3) is 0 Å². The van der Waals surface area contributed by atoms with Crippen molar-refractivity contribution in [3.05, 3.63) is 46.5 Å². The number of hydrogen-bond acceptors (Lipinski definition) is 3. The molecule has 76 valence electrons. The fourth-order valence-electron chi connectivity index (χ4n) is 2.69. The van der Waals surface area contributed by atoms with Gasteiger partial charge in [-0.2, -0.15) is 0 Å².